The average molecular weight is 347 g/mol. The van der Waals surface area contributed by atoms with Crippen molar-refractivity contribution in [3.05, 3.63) is 29.8 Å². The molecule has 1 fully saturated rings. The first-order chi connectivity index (χ1) is 12.0. The second-order valence-electron chi connectivity index (χ2n) is 6.47. The third-order valence-corrected chi connectivity index (χ3v) is 4.42. The Morgan fingerprint density at radius 2 is 1.92 bits per heavy atom. The van der Waals surface area contributed by atoms with Crippen LogP contribution < -0.4 is 10.1 Å². The maximum Gasteiger partial charge on any atom is 0.344 e. The summed E-state index contributed by atoms with van der Waals surface area (Å²) in [6.07, 6.45) is 4.39. The van der Waals surface area contributed by atoms with Gasteiger partial charge in [0.15, 0.2) is 19.0 Å². The van der Waals surface area contributed by atoms with Gasteiger partial charge in [-0.3, -0.25) is 9.59 Å². The molecule has 2 rings (SSSR count). The fraction of sp³-hybridized carbons (Fsp3) is 0.526. The predicted molar refractivity (Wildman–Crippen MR) is 92.5 cm³/mol. The number of carbonyl (C=O) groups is 3. The van der Waals surface area contributed by atoms with Crippen molar-refractivity contribution >= 4 is 17.7 Å². The highest BCUT2D eigenvalue weighted by atomic mass is 16.6. The van der Waals surface area contributed by atoms with Gasteiger partial charge in [-0.05, 0) is 37.8 Å². The topological polar surface area (TPSA) is 81.7 Å². The molecular weight excluding hydrogens is 322 g/mol. The van der Waals surface area contributed by atoms with Crippen molar-refractivity contribution in [2.45, 2.75) is 45.6 Å². The Kier molecular flexibility index (Phi) is 6.98. The van der Waals surface area contributed by atoms with E-state index in [2.05, 4.69) is 12.2 Å². The van der Waals surface area contributed by atoms with Crippen LogP contribution >= 0.6 is 0 Å². The summed E-state index contributed by atoms with van der Waals surface area (Å²) in [7, 11) is 0. The highest BCUT2D eigenvalue weighted by Crippen LogP contribution is 2.23. The van der Waals surface area contributed by atoms with Crippen LogP contribution in [0.4, 0.5) is 0 Å². The van der Waals surface area contributed by atoms with E-state index in [1.54, 1.807) is 24.3 Å². The minimum Gasteiger partial charge on any atom is -0.482 e. The number of amides is 1. The number of rotatable bonds is 7. The number of hydrogen-bond acceptors (Lipinski definition) is 5. The van der Waals surface area contributed by atoms with Gasteiger partial charge < -0.3 is 14.8 Å². The number of hydrogen-bond donors (Lipinski definition) is 1. The maximum absolute atomic E-state index is 11.9. The molecule has 0 spiro atoms. The smallest absolute Gasteiger partial charge is 0.344 e. The van der Waals surface area contributed by atoms with Crippen molar-refractivity contribution < 1.29 is 23.9 Å². The molecule has 1 N–H and O–H groups in total. The first-order valence-electron chi connectivity index (χ1n) is 8.64. The first-order valence-corrected chi connectivity index (χ1v) is 8.64. The van der Waals surface area contributed by atoms with Crippen molar-refractivity contribution in [1.29, 1.82) is 0 Å². The molecule has 1 aliphatic carbocycles. The van der Waals surface area contributed by atoms with Gasteiger partial charge in [0.2, 0.25) is 0 Å². The summed E-state index contributed by atoms with van der Waals surface area (Å²) < 4.78 is 10.2. The lowest BCUT2D eigenvalue weighted by Gasteiger charge is -2.29. The van der Waals surface area contributed by atoms with Crippen LogP contribution in [0.15, 0.2) is 24.3 Å². The molecule has 136 valence electrons. The van der Waals surface area contributed by atoms with Gasteiger partial charge >= 0.3 is 5.97 Å². The Labute approximate surface area is 147 Å². The minimum absolute atomic E-state index is 0.0818. The van der Waals surface area contributed by atoms with Crippen molar-refractivity contribution in [3.8, 4) is 5.75 Å². The van der Waals surface area contributed by atoms with E-state index >= 15 is 0 Å². The fourth-order valence-corrected chi connectivity index (χ4v) is 2.91. The molecule has 1 aliphatic rings. The first kappa shape index (κ1) is 19.0. The molecule has 0 unspecified atom stereocenters. The van der Waals surface area contributed by atoms with E-state index in [9.17, 15) is 14.4 Å². The molecule has 25 heavy (non-hydrogen) atoms. The number of ketones is 1. The highest BCUT2D eigenvalue weighted by Gasteiger charge is 2.23. The third-order valence-electron chi connectivity index (χ3n) is 4.42. The normalized spacial score (nSPS) is 19.8. The van der Waals surface area contributed by atoms with E-state index in [4.69, 9.17) is 9.47 Å². The number of carbonyl (C=O) groups excluding carboxylic acids is 3. The quantitative estimate of drug-likeness (QED) is 0.605. The molecule has 0 saturated heterocycles. The van der Waals surface area contributed by atoms with Crippen molar-refractivity contribution in [1.82, 2.24) is 5.32 Å². The minimum atomic E-state index is -0.625. The molecule has 0 aromatic heterocycles. The number of nitrogens with one attached hydrogen (secondary N) is 1. The molecule has 6 heteroatoms. The lowest BCUT2D eigenvalue weighted by atomic mass is 9.86. The summed E-state index contributed by atoms with van der Waals surface area (Å²) in [5.74, 6) is -0.136. The van der Waals surface area contributed by atoms with Crippen molar-refractivity contribution in [2.24, 2.45) is 5.92 Å². The Balaban J connectivity index is 1.70. The Morgan fingerprint density at radius 1 is 1.16 bits per heavy atom. The molecule has 0 bridgehead atoms. The molecular formula is C19H25NO5. The molecule has 0 radical (unpaired) electrons. The van der Waals surface area contributed by atoms with Gasteiger partial charge in [0, 0.05) is 11.6 Å². The van der Waals surface area contributed by atoms with Crippen LogP contribution in [0.5, 0.6) is 5.75 Å². The van der Waals surface area contributed by atoms with E-state index in [1.807, 2.05) is 0 Å². The third kappa shape index (κ3) is 6.21. The molecule has 6 nitrogen and oxygen atoms in total. The molecule has 2 atom stereocenters. The van der Waals surface area contributed by atoms with Gasteiger partial charge in [-0.15, -0.1) is 0 Å². The van der Waals surface area contributed by atoms with Gasteiger partial charge in [0.05, 0.1) is 0 Å². The van der Waals surface area contributed by atoms with E-state index in [0.29, 0.717) is 17.2 Å². The second kappa shape index (κ2) is 9.20. The Bertz CT molecular complexity index is 628. The van der Waals surface area contributed by atoms with Crippen molar-refractivity contribution in [2.75, 3.05) is 13.2 Å². The van der Waals surface area contributed by atoms with Crippen molar-refractivity contribution in [3.63, 3.8) is 0 Å². The summed E-state index contributed by atoms with van der Waals surface area (Å²) in [5.41, 5.74) is 0.506. The fourth-order valence-electron chi connectivity index (χ4n) is 2.91. The molecule has 1 amide bonds. The van der Waals surface area contributed by atoms with E-state index in [-0.39, 0.29) is 30.9 Å². The predicted octanol–water partition coefficient (Wildman–Crippen LogP) is 2.51. The van der Waals surface area contributed by atoms with Crippen LogP contribution in [-0.4, -0.2) is 36.9 Å². The largest absolute Gasteiger partial charge is 0.482 e. The number of esters is 1. The molecule has 0 heterocycles. The number of ether oxygens (including phenoxy) is 2. The molecule has 1 saturated carbocycles. The van der Waals surface area contributed by atoms with E-state index < -0.39 is 5.97 Å². The van der Waals surface area contributed by atoms with E-state index in [1.165, 1.54) is 13.3 Å². The van der Waals surface area contributed by atoms with Crippen LogP contribution in [0.25, 0.3) is 0 Å². The van der Waals surface area contributed by atoms with Gasteiger partial charge in [-0.25, -0.2) is 4.79 Å². The van der Waals surface area contributed by atoms with Gasteiger partial charge in [-0.1, -0.05) is 31.9 Å². The lowest BCUT2D eigenvalue weighted by molar-refractivity contribution is -0.150. The summed E-state index contributed by atoms with van der Waals surface area (Å²) in [5, 5.41) is 2.92. The van der Waals surface area contributed by atoms with Crippen LogP contribution in [0.2, 0.25) is 0 Å². The lowest BCUT2D eigenvalue weighted by Crippen LogP contribution is -2.43. The monoisotopic (exact) mass is 347 g/mol. The number of Topliss-reactive ketones (excluding diaryl/α,β-unsaturated/α-hetero) is 1. The van der Waals surface area contributed by atoms with Gasteiger partial charge in [0.25, 0.3) is 5.91 Å². The Hall–Kier alpha value is -2.37. The summed E-state index contributed by atoms with van der Waals surface area (Å²) in [4.78, 5) is 34.9. The van der Waals surface area contributed by atoms with Crippen LogP contribution in [0, 0.1) is 5.92 Å². The highest BCUT2D eigenvalue weighted by molar-refractivity contribution is 5.94. The zero-order chi connectivity index (χ0) is 18.2. The summed E-state index contributed by atoms with van der Waals surface area (Å²) in [6.45, 7) is 2.96. The zero-order valence-corrected chi connectivity index (χ0v) is 14.7. The summed E-state index contributed by atoms with van der Waals surface area (Å²) >= 11 is 0. The molecule has 1 aromatic carbocycles. The standard InChI is InChI=1S/C19H25NO5/c1-13-6-3-4-9-17(13)20-18(22)11-25-19(23)12-24-16-8-5-7-15(10-16)14(2)21/h5,7-8,10,13,17H,3-4,6,9,11-12H2,1-2H3,(H,20,22)/t13-,17+/m0/s1. The maximum atomic E-state index is 11.9. The second-order valence-corrected chi connectivity index (χ2v) is 6.47. The summed E-state index contributed by atoms with van der Waals surface area (Å²) in [6, 6.07) is 6.72. The Morgan fingerprint density at radius 3 is 2.64 bits per heavy atom. The van der Waals surface area contributed by atoms with E-state index in [0.717, 1.165) is 19.3 Å². The molecule has 0 aliphatic heterocycles. The van der Waals surface area contributed by atoms with Crippen LogP contribution in [0.3, 0.4) is 0 Å². The molecule has 1 aromatic rings. The average Bonchev–Trinajstić information content (AvgIpc) is 2.60. The SMILES string of the molecule is CC(=O)c1cccc(OCC(=O)OCC(=O)N[C@@H]2CCCC[C@@H]2C)c1. The van der Waals surface area contributed by atoms with Crippen LogP contribution in [-0.2, 0) is 14.3 Å². The van der Waals surface area contributed by atoms with Gasteiger partial charge in [-0.2, -0.15) is 0 Å². The van der Waals surface area contributed by atoms with Gasteiger partial charge in [0.1, 0.15) is 5.75 Å². The zero-order valence-electron chi connectivity index (χ0n) is 14.7. The number of benzene rings is 1. The van der Waals surface area contributed by atoms with Crippen LogP contribution in [0.1, 0.15) is 49.9 Å².